The third-order valence-electron chi connectivity index (χ3n) is 5.16. The first-order chi connectivity index (χ1) is 13.0. The van der Waals surface area contributed by atoms with Gasteiger partial charge in [-0.2, -0.15) is 0 Å². The van der Waals surface area contributed by atoms with Crippen LogP contribution in [0.2, 0.25) is 0 Å². The van der Waals surface area contributed by atoms with Gasteiger partial charge in [-0.3, -0.25) is 9.20 Å². The molecule has 1 saturated heterocycles. The fourth-order valence-corrected chi connectivity index (χ4v) is 3.66. The van der Waals surface area contributed by atoms with Crippen LogP contribution in [0.15, 0.2) is 42.6 Å². The van der Waals surface area contributed by atoms with Gasteiger partial charge in [-0.25, -0.2) is 4.39 Å². The number of aromatic nitrogens is 3. The van der Waals surface area contributed by atoms with Crippen LogP contribution < -0.4 is 4.90 Å². The summed E-state index contributed by atoms with van der Waals surface area (Å²) < 4.78 is 16.2. The van der Waals surface area contributed by atoms with E-state index in [0.29, 0.717) is 24.3 Å². The van der Waals surface area contributed by atoms with Crippen molar-refractivity contribution in [3.8, 4) is 0 Å². The van der Waals surface area contributed by atoms with Gasteiger partial charge in [0.15, 0.2) is 5.65 Å². The van der Waals surface area contributed by atoms with Crippen molar-refractivity contribution in [1.82, 2.24) is 19.5 Å². The highest BCUT2D eigenvalue weighted by atomic mass is 19.1. The molecule has 1 aromatic carbocycles. The Bertz CT molecular complexity index is 975. The molecule has 1 aliphatic heterocycles. The summed E-state index contributed by atoms with van der Waals surface area (Å²) in [6.07, 6.45) is 3.61. The van der Waals surface area contributed by atoms with Crippen LogP contribution >= 0.6 is 0 Å². The number of carbonyl (C=O) groups excluding carboxylic acids is 1. The standard InChI is InChI=1S/C20H22FN5O/c1-24(2)17-7-6-15(13-16(17)21)20(27)25-11-8-14(9-12-25)19-23-22-18-5-3-4-10-26(18)19/h3-7,10,13-14H,8-9,11-12H2,1-2H3. The Morgan fingerprint density at radius 1 is 1.15 bits per heavy atom. The minimum Gasteiger partial charge on any atom is -0.375 e. The van der Waals surface area contributed by atoms with Crippen molar-refractivity contribution >= 4 is 17.2 Å². The summed E-state index contributed by atoms with van der Waals surface area (Å²) >= 11 is 0. The summed E-state index contributed by atoms with van der Waals surface area (Å²) in [5.74, 6) is 0.706. The Morgan fingerprint density at radius 3 is 2.63 bits per heavy atom. The molecule has 1 amide bonds. The molecule has 7 heteroatoms. The molecule has 3 aromatic rings. The second-order valence-electron chi connectivity index (χ2n) is 7.11. The molecule has 0 unspecified atom stereocenters. The number of piperidine rings is 1. The predicted octanol–water partition coefficient (Wildman–Crippen LogP) is 2.95. The molecule has 1 aliphatic rings. The Morgan fingerprint density at radius 2 is 1.93 bits per heavy atom. The van der Waals surface area contributed by atoms with E-state index in [4.69, 9.17) is 0 Å². The van der Waals surface area contributed by atoms with E-state index in [1.54, 1.807) is 36.0 Å². The normalized spacial score (nSPS) is 15.3. The molecule has 2 aromatic heterocycles. The molecule has 1 fully saturated rings. The molecule has 3 heterocycles. The predicted molar refractivity (Wildman–Crippen MR) is 102 cm³/mol. The maximum absolute atomic E-state index is 14.2. The Hall–Kier alpha value is -2.96. The van der Waals surface area contributed by atoms with Crippen molar-refractivity contribution in [3.05, 3.63) is 59.8 Å². The SMILES string of the molecule is CN(C)c1ccc(C(=O)N2CCC(c3nnc4ccccn34)CC2)cc1F. The van der Waals surface area contributed by atoms with Gasteiger partial charge in [-0.05, 0) is 43.2 Å². The number of halogens is 1. The van der Waals surface area contributed by atoms with Crippen LogP contribution in [0.4, 0.5) is 10.1 Å². The molecule has 4 rings (SSSR count). The van der Waals surface area contributed by atoms with Crippen molar-refractivity contribution in [2.75, 3.05) is 32.1 Å². The van der Waals surface area contributed by atoms with E-state index in [1.165, 1.54) is 6.07 Å². The van der Waals surface area contributed by atoms with Gasteiger partial charge >= 0.3 is 0 Å². The third kappa shape index (κ3) is 3.25. The molecule has 0 atom stereocenters. The van der Waals surface area contributed by atoms with Crippen LogP contribution in [0.3, 0.4) is 0 Å². The lowest BCUT2D eigenvalue weighted by atomic mass is 9.95. The third-order valence-corrected chi connectivity index (χ3v) is 5.16. The molecule has 0 spiro atoms. The molecule has 0 radical (unpaired) electrons. The largest absolute Gasteiger partial charge is 0.375 e. The second-order valence-corrected chi connectivity index (χ2v) is 7.11. The Balaban J connectivity index is 1.46. The molecular formula is C20H22FN5O. The van der Waals surface area contributed by atoms with Crippen LogP contribution in [-0.2, 0) is 0 Å². The van der Waals surface area contributed by atoms with E-state index in [9.17, 15) is 9.18 Å². The Kier molecular flexibility index (Phi) is 4.51. The van der Waals surface area contributed by atoms with E-state index < -0.39 is 0 Å². The average molecular weight is 367 g/mol. The van der Waals surface area contributed by atoms with Crippen molar-refractivity contribution in [3.63, 3.8) is 0 Å². The fraction of sp³-hybridized carbons (Fsp3) is 0.350. The van der Waals surface area contributed by atoms with Crippen molar-refractivity contribution in [2.24, 2.45) is 0 Å². The van der Waals surface area contributed by atoms with E-state index in [1.807, 2.05) is 28.8 Å². The zero-order valence-electron chi connectivity index (χ0n) is 15.5. The first-order valence-corrected chi connectivity index (χ1v) is 9.10. The zero-order chi connectivity index (χ0) is 19.0. The monoisotopic (exact) mass is 367 g/mol. The first-order valence-electron chi connectivity index (χ1n) is 9.10. The number of likely N-dealkylation sites (tertiary alicyclic amines) is 1. The maximum Gasteiger partial charge on any atom is 0.253 e. The number of pyridine rings is 1. The molecule has 0 saturated carbocycles. The fourth-order valence-electron chi connectivity index (χ4n) is 3.66. The van der Waals surface area contributed by atoms with Crippen LogP contribution in [0.25, 0.3) is 5.65 Å². The van der Waals surface area contributed by atoms with Gasteiger partial charge in [0.2, 0.25) is 0 Å². The molecule has 140 valence electrons. The zero-order valence-corrected chi connectivity index (χ0v) is 15.5. The first kappa shape index (κ1) is 17.5. The smallest absolute Gasteiger partial charge is 0.253 e. The summed E-state index contributed by atoms with van der Waals surface area (Å²) in [4.78, 5) is 16.2. The number of fused-ring (bicyclic) bond motifs is 1. The van der Waals surface area contributed by atoms with E-state index in [2.05, 4.69) is 10.2 Å². The number of anilines is 1. The van der Waals surface area contributed by atoms with Gasteiger partial charge in [0.05, 0.1) is 5.69 Å². The summed E-state index contributed by atoms with van der Waals surface area (Å²) in [6.45, 7) is 1.25. The van der Waals surface area contributed by atoms with Crippen molar-refractivity contribution in [1.29, 1.82) is 0 Å². The maximum atomic E-state index is 14.2. The van der Waals surface area contributed by atoms with Gasteiger partial charge in [-0.15, -0.1) is 10.2 Å². The van der Waals surface area contributed by atoms with Crippen LogP contribution in [-0.4, -0.2) is 52.6 Å². The molecule has 0 N–H and O–H groups in total. The summed E-state index contributed by atoms with van der Waals surface area (Å²) in [7, 11) is 3.55. The highest BCUT2D eigenvalue weighted by Gasteiger charge is 2.27. The van der Waals surface area contributed by atoms with Crippen LogP contribution in [0, 0.1) is 5.82 Å². The lowest BCUT2D eigenvalue weighted by molar-refractivity contribution is 0.0710. The lowest BCUT2D eigenvalue weighted by Crippen LogP contribution is -2.38. The summed E-state index contributed by atoms with van der Waals surface area (Å²) in [5.41, 5.74) is 1.70. The van der Waals surface area contributed by atoms with Gasteiger partial charge in [0.1, 0.15) is 11.6 Å². The number of amides is 1. The summed E-state index contributed by atoms with van der Waals surface area (Å²) in [5, 5.41) is 8.55. The summed E-state index contributed by atoms with van der Waals surface area (Å²) in [6, 6.07) is 10.5. The molecule has 27 heavy (non-hydrogen) atoms. The number of hydrogen-bond acceptors (Lipinski definition) is 4. The quantitative estimate of drug-likeness (QED) is 0.714. The minimum atomic E-state index is -0.379. The number of benzene rings is 1. The number of rotatable bonds is 3. The molecular weight excluding hydrogens is 345 g/mol. The van der Waals surface area contributed by atoms with Crippen LogP contribution in [0.5, 0.6) is 0 Å². The van der Waals surface area contributed by atoms with E-state index in [0.717, 1.165) is 24.3 Å². The van der Waals surface area contributed by atoms with Gasteiger partial charge < -0.3 is 9.80 Å². The van der Waals surface area contributed by atoms with Crippen LogP contribution in [0.1, 0.15) is 34.9 Å². The van der Waals surface area contributed by atoms with E-state index in [-0.39, 0.29) is 17.6 Å². The highest BCUT2D eigenvalue weighted by molar-refractivity contribution is 5.94. The van der Waals surface area contributed by atoms with Gasteiger partial charge in [-0.1, -0.05) is 6.07 Å². The Labute approximate surface area is 157 Å². The number of nitrogens with zero attached hydrogens (tertiary/aromatic N) is 5. The molecule has 0 aliphatic carbocycles. The molecule has 6 nitrogen and oxygen atoms in total. The highest BCUT2D eigenvalue weighted by Crippen LogP contribution is 2.28. The van der Waals surface area contributed by atoms with Crippen molar-refractivity contribution < 1.29 is 9.18 Å². The van der Waals surface area contributed by atoms with E-state index >= 15 is 0 Å². The average Bonchev–Trinajstić information content (AvgIpc) is 3.11. The topological polar surface area (TPSA) is 53.7 Å². The van der Waals surface area contributed by atoms with Gasteiger partial charge in [0, 0.05) is 44.9 Å². The second kappa shape index (κ2) is 6.98. The number of hydrogen-bond donors (Lipinski definition) is 0. The number of carbonyl (C=O) groups is 1. The molecule has 0 bridgehead atoms. The lowest BCUT2D eigenvalue weighted by Gasteiger charge is -2.31. The van der Waals surface area contributed by atoms with Crippen molar-refractivity contribution in [2.45, 2.75) is 18.8 Å². The van der Waals surface area contributed by atoms with Gasteiger partial charge in [0.25, 0.3) is 5.91 Å². The minimum absolute atomic E-state index is 0.122.